The molecule has 1 aliphatic heterocycles. The van der Waals surface area contributed by atoms with E-state index in [1.54, 1.807) is 6.07 Å². The van der Waals surface area contributed by atoms with Crippen molar-refractivity contribution in [2.24, 2.45) is 0 Å². The third-order valence-electron chi connectivity index (χ3n) is 3.94. The predicted octanol–water partition coefficient (Wildman–Crippen LogP) is 2.35. The Morgan fingerprint density at radius 3 is 2.72 bits per heavy atom. The van der Waals surface area contributed by atoms with Crippen molar-refractivity contribution >= 4 is 0 Å². The first-order valence-corrected chi connectivity index (χ1v) is 6.98. The number of nitrogens with zero attached hydrogens (tertiary/aromatic N) is 1. The van der Waals surface area contributed by atoms with Gasteiger partial charge in [-0.3, -0.25) is 4.90 Å². The number of phenolic OH excluding ortho intramolecular Hbond substituents is 1. The lowest BCUT2D eigenvalue weighted by Gasteiger charge is -2.40. The van der Waals surface area contributed by atoms with E-state index < -0.39 is 0 Å². The molecule has 1 fully saturated rings. The molecule has 3 heteroatoms. The second-order valence-electron chi connectivity index (χ2n) is 5.13. The van der Waals surface area contributed by atoms with Crippen LogP contribution in [0.3, 0.4) is 0 Å². The average molecular weight is 248 g/mol. The van der Waals surface area contributed by atoms with E-state index in [9.17, 15) is 5.11 Å². The highest BCUT2D eigenvalue weighted by Gasteiger charge is 2.26. The monoisotopic (exact) mass is 248 g/mol. The summed E-state index contributed by atoms with van der Waals surface area (Å²) >= 11 is 0. The highest BCUT2D eigenvalue weighted by molar-refractivity contribution is 5.31. The molecule has 0 spiro atoms. The van der Waals surface area contributed by atoms with Crippen molar-refractivity contribution in [1.82, 2.24) is 10.2 Å². The van der Waals surface area contributed by atoms with E-state index in [2.05, 4.69) is 24.1 Å². The van der Waals surface area contributed by atoms with Crippen LogP contribution in [0, 0.1) is 0 Å². The lowest BCUT2D eigenvalue weighted by molar-refractivity contribution is 0.116. The summed E-state index contributed by atoms with van der Waals surface area (Å²) in [6, 6.07) is 8.82. The molecule has 1 aliphatic rings. The number of benzene rings is 1. The molecule has 100 valence electrons. The SMILES string of the molecule is CCC1CN(Cc2ccccc2O)C(CC)CN1. The Morgan fingerprint density at radius 1 is 1.28 bits per heavy atom. The number of nitrogens with one attached hydrogen (secondary N) is 1. The van der Waals surface area contributed by atoms with Gasteiger partial charge in [0.2, 0.25) is 0 Å². The molecular weight excluding hydrogens is 224 g/mol. The molecule has 2 rings (SSSR count). The van der Waals surface area contributed by atoms with E-state index in [1.807, 2.05) is 18.2 Å². The average Bonchev–Trinajstić information content (AvgIpc) is 2.41. The van der Waals surface area contributed by atoms with Crippen molar-refractivity contribution < 1.29 is 5.11 Å². The fourth-order valence-electron chi connectivity index (χ4n) is 2.66. The van der Waals surface area contributed by atoms with Crippen molar-refractivity contribution in [3.63, 3.8) is 0 Å². The molecule has 1 aromatic rings. The first-order chi connectivity index (χ1) is 8.74. The number of para-hydroxylation sites is 1. The van der Waals surface area contributed by atoms with Crippen LogP contribution < -0.4 is 5.32 Å². The Balaban J connectivity index is 2.07. The summed E-state index contributed by atoms with van der Waals surface area (Å²) in [4.78, 5) is 2.50. The Bertz CT molecular complexity index is 381. The molecule has 1 saturated heterocycles. The minimum atomic E-state index is 0.416. The summed E-state index contributed by atoms with van der Waals surface area (Å²) in [5.41, 5.74) is 1.03. The van der Waals surface area contributed by atoms with Gasteiger partial charge in [0.05, 0.1) is 0 Å². The molecule has 0 aromatic heterocycles. The second-order valence-corrected chi connectivity index (χ2v) is 5.13. The van der Waals surface area contributed by atoms with Gasteiger partial charge in [-0.05, 0) is 18.9 Å². The van der Waals surface area contributed by atoms with Crippen LogP contribution in [0.1, 0.15) is 32.3 Å². The largest absolute Gasteiger partial charge is 0.508 e. The summed E-state index contributed by atoms with van der Waals surface area (Å²) in [5.74, 6) is 0.416. The molecule has 2 unspecified atom stereocenters. The van der Waals surface area contributed by atoms with Gasteiger partial charge in [-0.2, -0.15) is 0 Å². The molecule has 0 bridgehead atoms. The highest BCUT2D eigenvalue weighted by Crippen LogP contribution is 2.21. The second kappa shape index (κ2) is 6.21. The van der Waals surface area contributed by atoms with Crippen LogP contribution in [0.15, 0.2) is 24.3 Å². The molecule has 1 aromatic carbocycles. The molecule has 2 atom stereocenters. The molecule has 0 amide bonds. The van der Waals surface area contributed by atoms with Gasteiger partial charge in [0.15, 0.2) is 0 Å². The molecule has 2 N–H and O–H groups in total. The lowest BCUT2D eigenvalue weighted by atomic mass is 10.0. The zero-order valence-electron chi connectivity index (χ0n) is 11.4. The molecule has 3 nitrogen and oxygen atoms in total. The summed E-state index contributed by atoms with van der Waals surface area (Å²) in [6.07, 6.45) is 2.31. The third-order valence-corrected chi connectivity index (χ3v) is 3.94. The Hall–Kier alpha value is -1.06. The fraction of sp³-hybridized carbons (Fsp3) is 0.600. The van der Waals surface area contributed by atoms with Crippen molar-refractivity contribution in [2.75, 3.05) is 13.1 Å². The standard InChI is InChI=1S/C15H24N2O/c1-3-13-11-17(14(4-2)9-16-13)10-12-7-5-6-8-15(12)18/h5-8,13-14,16,18H,3-4,9-11H2,1-2H3. The minimum absolute atomic E-state index is 0.416. The molecule has 0 aliphatic carbocycles. The van der Waals surface area contributed by atoms with Gasteiger partial charge in [-0.1, -0.05) is 32.0 Å². The number of hydrogen-bond donors (Lipinski definition) is 2. The van der Waals surface area contributed by atoms with E-state index in [0.717, 1.165) is 38.0 Å². The maximum Gasteiger partial charge on any atom is 0.120 e. The summed E-state index contributed by atoms with van der Waals surface area (Å²) in [6.45, 7) is 7.44. The van der Waals surface area contributed by atoms with Gasteiger partial charge in [-0.15, -0.1) is 0 Å². The van der Waals surface area contributed by atoms with E-state index >= 15 is 0 Å². The lowest BCUT2D eigenvalue weighted by Crippen LogP contribution is -2.55. The predicted molar refractivity (Wildman–Crippen MR) is 74.7 cm³/mol. The maximum atomic E-state index is 9.88. The van der Waals surface area contributed by atoms with E-state index in [1.165, 1.54) is 0 Å². The van der Waals surface area contributed by atoms with Gasteiger partial charge in [-0.25, -0.2) is 0 Å². The van der Waals surface area contributed by atoms with Crippen LogP contribution in [-0.4, -0.2) is 35.2 Å². The van der Waals surface area contributed by atoms with Crippen LogP contribution >= 0.6 is 0 Å². The third kappa shape index (κ3) is 3.03. The number of rotatable bonds is 4. The Kier molecular flexibility index (Phi) is 4.61. The molecular formula is C15H24N2O. The van der Waals surface area contributed by atoms with Gasteiger partial charge >= 0.3 is 0 Å². The zero-order chi connectivity index (χ0) is 13.0. The zero-order valence-corrected chi connectivity index (χ0v) is 11.4. The normalized spacial score (nSPS) is 25.2. The number of piperazine rings is 1. The summed E-state index contributed by atoms with van der Waals surface area (Å²) < 4.78 is 0. The number of aromatic hydroxyl groups is 1. The van der Waals surface area contributed by atoms with Gasteiger partial charge in [0, 0.05) is 37.3 Å². The van der Waals surface area contributed by atoms with Crippen molar-refractivity contribution in [3.8, 4) is 5.75 Å². The molecule has 18 heavy (non-hydrogen) atoms. The van der Waals surface area contributed by atoms with Crippen LogP contribution in [0.25, 0.3) is 0 Å². The first-order valence-electron chi connectivity index (χ1n) is 6.98. The van der Waals surface area contributed by atoms with Crippen molar-refractivity contribution in [3.05, 3.63) is 29.8 Å². The van der Waals surface area contributed by atoms with Gasteiger partial charge in [0.25, 0.3) is 0 Å². The van der Waals surface area contributed by atoms with E-state index in [4.69, 9.17) is 0 Å². The van der Waals surface area contributed by atoms with Crippen LogP contribution in [-0.2, 0) is 6.54 Å². The topological polar surface area (TPSA) is 35.5 Å². The van der Waals surface area contributed by atoms with E-state index in [0.29, 0.717) is 17.8 Å². The van der Waals surface area contributed by atoms with Crippen LogP contribution in [0.2, 0.25) is 0 Å². The number of phenols is 1. The smallest absolute Gasteiger partial charge is 0.120 e. The van der Waals surface area contributed by atoms with Crippen molar-refractivity contribution in [2.45, 2.75) is 45.3 Å². The van der Waals surface area contributed by atoms with E-state index in [-0.39, 0.29) is 0 Å². The quantitative estimate of drug-likeness (QED) is 0.858. The van der Waals surface area contributed by atoms with Gasteiger partial charge in [0.1, 0.15) is 5.75 Å². The Morgan fingerprint density at radius 2 is 2.06 bits per heavy atom. The summed E-state index contributed by atoms with van der Waals surface area (Å²) in [5, 5.41) is 13.5. The molecule has 1 heterocycles. The minimum Gasteiger partial charge on any atom is -0.508 e. The highest BCUT2D eigenvalue weighted by atomic mass is 16.3. The van der Waals surface area contributed by atoms with Crippen molar-refractivity contribution in [1.29, 1.82) is 0 Å². The fourth-order valence-corrected chi connectivity index (χ4v) is 2.66. The maximum absolute atomic E-state index is 9.88. The first kappa shape index (κ1) is 13.4. The van der Waals surface area contributed by atoms with Gasteiger partial charge < -0.3 is 10.4 Å². The molecule has 0 radical (unpaired) electrons. The number of hydrogen-bond acceptors (Lipinski definition) is 3. The molecule has 0 saturated carbocycles. The van der Waals surface area contributed by atoms with Crippen LogP contribution in [0.5, 0.6) is 5.75 Å². The summed E-state index contributed by atoms with van der Waals surface area (Å²) in [7, 11) is 0. The van der Waals surface area contributed by atoms with Crippen LogP contribution in [0.4, 0.5) is 0 Å². The Labute approximate surface area is 110 Å².